The zero-order valence-corrected chi connectivity index (χ0v) is 11.1. The smallest absolute Gasteiger partial charge is 0.277 e. The molecule has 0 spiro atoms. The standard InChI is InChI=1S/C12H8BrFN2O3/c13-9-4-3-8(10(6-9)16(17)18)7-19-11-2-1-5-15-12(11)14/h1-6H,7H2. The molecule has 0 aliphatic carbocycles. The van der Waals surface area contributed by atoms with Crippen LogP contribution in [0.2, 0.25) is 0 Å². The summed E-state index contributed by atoms with van der Waals surface area (Å²) >= 11 is 3.16. The molecule has 98 valence electrons. The predicted octanol–water partition coefficient (Wildman–Crippen LogP) is 3.47. The molecule has 1 heterocycles. The fourth-order valence-corrected chi connectivity index (χ4v) is 1.81. The number of nitro groups is 1. The van der Waals surface area contributed by atoms with Gasteiger partial charge in [-0.3, -0.25) is 10.1 Å². The minimum atomic E-state index is -0.748. The second kappa shape index (κ2) is 5.75. The zero-order chi connectivity index (χ0) is 13.8. The van der Waals surface area contributed by atoms with Crippen LogP contribution in [0.4, 0.5) is 10.1 Å². The molecule has 0 N–H and O–H groups in total. The summed E-state index contributed by atoms with van der Waals surface area (Å²) in [7, 11) is 0. The third-order valence-electron chi connectivity index (χ3n) is 2.35. The van der Waals surface area contributed by atoms with Gasteiger partial charge in [0, 0.05) is 16.7 Å². The van der Waals surface area contributed by atoms with E-state index < -0.39 is 10.9 Å². The number of rotatable bonds is 4. The lowest BCUT2D eigenvalue weighted by Crippen LogP contribution is -2.02. The molecule has 0 aliphatic rings. The van der Waals surface area contributed by atoms with Gasteiger partial charge in [0.25, 0.3) is 11.6 Å². The number of nitro benzene ring substituents is 1. The Hall–Kier alpha value is -2.02. The van der Waals surface area contributed by atoms with E-state index in [4.69, 9.17) is 4.74 Å². The zero-order valence-electron chi connectivity index (χ0n) is 9.55. The third kappa shape index (κ3) is 3.25. The predicted molar refractivity (Wildman–Crippen MR) is 69.3 cm³/mol. The Bertz CT molecular complexity index is 622. The van der Waals surface area contributed by atoms with Crippen molar-refractivity contribution >= 4 is 21.6 Å². The quantitative estimate of drug-likeness (QED) is 0.490. The van der Waals surface area contributed by atoms with E-state index in [2.05, 4.69) is 20.9 Å². The van der Waals surface area contributed by atoms with Crippen LogP contribution >= 0.6 is 15.9 Å². The van der Waals surface area contributed by atoms with Crippen molar-refractivity contribution in [2.75, 3.05) is 0 Å². The Kier molecular flexibility index (Phi) is 4.06. The SMILES string of the molecule is O=[N+]([O-])c1cc(Br)ccc1COc1cccnc1F. The largest absolute Gasteiger partial charge is 0.484 e. The number of benzene rings is 1. The van der Waals surface area contributed by atoms with Crippen LogP contribution in [0, 0.1) is 16.1 Å². The van der Waals surface area contributed by atoms with Crippen molar-refractivity contribution in [1.82, 2.24) is 4.98 Å². The van der Waals surface area contributed by atoms with Gasteiger partial charge in [0.2, 0.25) is 0 Å². The molecular formula is C12H8BrFN2O3. The molecule has 5 nitrogen and oxygen atoms in total. The summed E-state index contributed by atoms with van der Waals surface area (Å²) in [6.45, 7) is -0.105. The van der Waals surface area contributed by atoms with Crippen molar-refractivity contribution in [1.29, 1.82) is 0 Å². The molecule has 1 aromatic heterocycles. The van der Waals surface area contributed by atoms with Gasteiger partial charge in [-0.1, -0.05) is 15.9 Å². The number of nitrogens with zero attached hydrogens (tertiary/aromatic N) is 2. The van der Waals surface area contributed by atoms with Crippen molar-refractivity contribution in [3.63, 3.8) is 0 Å². The summed E-state index contributed by atoms with van der Waals surface area (Å²) in [4.78, 5) is 13.8. The van der Waals surface area contributed by atoms with Crippen LogP contribution in [-0.4, -0.2) is 9.91 Å². The molecule has 0 atom stereocenters. The van der Waals surface area contributed by atoms with Crippen molar-refractivity contribution in [3.05, 3.63) is 62.6 Å². The second-order valence-electron chi connectivity index (χ2n) is 3.61. The molecule has 1 aromatic carbocycles. The molecule has 0 aliphatic heterocycles. The summed E-state index contributed by atoms with van der Waals surface area (Å²) < 4.78 is 19.0. The van der Waals surface area contributed by atoms with Gasteiger partial charge in [0.1, 0.15) is 6.61 Å². The average Bonchev–Trinajstić information content (AvgIpc) is 2.38. The van der Waals surface area contributed by atoms with Crippen LogP contribution in [0.5, 0.6) is 5.75 Å². The number of pyridine rings is 1. The molecule has 0 bridgehead atoms. The van der Waals surface area contributed by atoms with E-state index >= 15 is 0 Å². The van der Waals surface area contributed by atoms with Crippen LogP contribution in [0.25, 0.3) is 0 Å². The number of ether oxygens (including phenoxy) is 1. The average molecular weight is 327 g/mol. The summed E-state index contributed by atoms with van der Waals surface area (Å²) in [5, 5.41) is 10.9. The van der Waals surface area contributed by atoms with Crippen molar-refractivity contribution in [2.24, 2.45) is 0 Å². The first kappa shape index (κ1) is 13.4. The van der Waals surface area contributed by atoms with Gasteiger partial charge < -0.3 is 4.74 Å². The van der Waals surface area contributed by atoms with Gasteiger partial charge in [-0.05, 0) is 24.3 Å². The lowest BCUT2D eigenvalue weighted by atomic mass is 10.2. The topological polar surface area (TPSA) is 65.3 Å². The Balaban J connectivity index is 2.20. The highest BCUT2D eigenvalue weighted by Gasteiger charge is 2.15. The first-order valence-corrected chi connectivity index (χ1v) is 6.03. The lowest BCUT2D eigenvalue weighted by molar-refractivity contribution is -0.385. The van der Waals surface area contributed by atoms with Gasteiger partial charge in [0.05, 0.1) is 10.5 Å². The maximum atomic E-state index is 13.2. The van der Waals surface area contributed by atoms with Crippen molar-refractivity contribution in [2.45, 2.75) is 6.61 Å². The molecule has 0 unspecified atom stereocenters. The molecular weight excluding hydrogens is 319 g/mol. The van der Waals surface area contributed by atoms with E-state index in [0.29, 0.717) is 10.0 Å². The van der Waals surface area contributed by atoms with E-state index in [1.165, 1.54) is 24.4 Å². The summed E-state index contributed by atoms with van der Waals surface area (Å²) in [6, 6.07) is 7.52. The molecule has 19 heavy (non-hydrogen) atoms. The monoisotopic (exact) mass is 326 g/mol. The first-order chi connectivity index (χ1) is 9.08. The Labute approximate surface area is 116 Å². The van der Waals surface area contributed by atoms with Crippen LogP contribution in [0.1, 0.15) is 5.56 Å². The fraction of sp³-hybridized carbons (Fsp3) is 0.0833. The first-order valence-electron chi connectivity index (χ1n) is 5.24. The van der Waals surface area contributed by atoms with E-state index in [-0.39, 0.29) is 18.0 Å². The third-order valence-corrected chi connectivity index (χ3v) is 2.85. The summed E-state index contributed by atoms with van der Waals surface area (Å²) in [6.07, 6.45) is 1.30. The Morgan fingerprint density at radius 1 is 1.42 bits per heavy atom. The molecule has 0 saturated heterocycles. The number of hydrogen-bond donors (Lipinski definition) is 0. The van der Waals surface area contributed by atoms with Crippen LogP contribution < -0.4 is 4.74 Å². The van der Waals surface area contributed by atoms with Crippen molar-refractivity contribution < 1.29 is 14.1 Å². The van der Waals surface area contributed by atoms with Crippen LogP contribution in [0.3, 0.4) is 0 Å². The summed E-state index contributed by atoms with van der Waals surface area (Å²) in [5.74, 6) is -0.790. The highest BCUT2D eigenvalue weighted by atomic mass is 79.9. The van der Waals surface area contributed by atoms with Gasteiger partial charge in [-0.25, -0.2) is 4.98 Å². The minimum absolute atomic E-state index is 0.0419. The molecule has 7 heteroatoms. The molecule has 0 saturated carbocycles. The highest BCUT2D eigenvalue weighted by Crippen LogP contribution is 2.25. The normalized spacial score (nSPS) is 10.2. The molecule has 0 radical (unpaired) electrons. The maximum absolute atomic E-state index is 13.2. The number of halogens is 2. The van der Waals surface area contributed by atoms with Gasteiger partial charge in [-0.2, -0.15) is 4.39 Å². The number of hydrogen-bond acceptors (Lipinski definition) is 4. The number of aromatic nitrogens is 1. The van der Waals surface area contributed by atoms with Gasteiger partial charge >= 0.3 is 0 Å². The Morgan fingerprint density at radius 3 is 2.89 bits per heavy atom. The Morgan fingerprint density at radius 2 is 2.21 bits per heavy atom. The summed E-state index contributed by atoms with van der Waals surface area (Å²) in [5.41, 5.74) is 0.273. The molecule has 2 aromatic rings. The van der Waals surface area contributed by atoms with Gasteiger partial charge in [0.15, 0.2) is 5.75 Å². The highest BCUT2D eigenvalue weighted by molar-refractivity contribution is 9.10. The van der Waals surface area contributed by atoms with E-state index in [9.17, 15) is 14.5 Å². The van der Waals surface area contributed by atoms with E-state index in [1.807, 2.05) is 0 Å². The molecule has 0 fully saturated rings. The molecule has 2 rings (SSSR count). The maximum Gasteiger partial charge on any atom is 0.277 e. The van der Waals surface area contributed by atoms with E-state index in [1.54, 1.807) is 12.1 Å². The van der Waals surface area contributed by atoms with E-state index in [0.717, 1.165) is 0 Å². The fourth-order valence-electron chi connectivity index (χ4n) is 1.46. The minimum Gasteiger partial charge on any atom is -0.484 e. The van der Waals surface area contributed by atoms with Crippen LogP contribution in [0.15, 0.2) is 41.0 Å². The van der Waals surface area contributed by atoms with Crippen LogP contribution in [-0.2, 0) is 6.61 Å². The second-order valence-corrected chi connectivity index (χ2v) is 4.53. The molecule has 0 amide bonds. The lowest BCUT2D eigenvalue weighted by Gasteiger charge is -2.07. The van der Waals surface area contributed by atoms with Gasteiger partial charge in [-0.15, -0.1) is 0 Å². The van der Waals surface area contributed by atoms with Crippen molar-refractivity contribution in [3.8, 4) is 5.75 Å².